The van der Waals surface area contributed by atoms with Gasteiger partial charge in [-0.05, 0) is 40.2 Å². The van der Waals surface area contributed by atoms with Crippen molar-refractivity contribution in [3.05, 3.63) is 69.1 Å². The van der Waals surface area contributed by atoms with Gasteiger partial charge in [-0.2, -0.15) is 0 Å². The molecule has 0 heterocycles. The Morgan fingerprint density at radius 2 is 1.83 bits per heavy atom. The third kappa shape index (κ3) is 6.31. The third-order valence-corrected chi connectivity index (χ3v) is 5.10. The Labute approximate surface area is 185 Å². The zero-order valence-electron chi connectivity index (χ0n) is 15.6. The molecule has 7 nitrogen and oxygen atoms in total. The molecule has 0 saturated heterocycles. The van der Waals surface area contributed by atoms with Gasteiger partial charge in [0.25, 0.3) is 5.91 Å². The van der Waals surface area contributed by atoms with Crippen molar-refractivity contribution in [3.8, 4) is 5.75 Å². The molecule has 154 valence electrons. The van der Waals surface area contributed by atoms with E-state index < -0.39 is 23.5 Å². The molecule has 9 heteroatoms. The van der Waals surface area contributed by atoms with Crippen LogP contribution in [0.3, 0.4) is 0 Å². The summed E-state index contributed by atoms with van der Waals surface area (Å²) in [5.74, 6) is -0.830. The van der Waals surface area contributed by atoms with E-state index >= 15 is 0 Å². The molecule has 4 N–H and O–H groups in total. The molecule has 0 fully saturated rings. The number of hydrogen-bond donors (Lipinski definition) is 4. The van der Waals surface area contributed by atoms with Gasteiger partial charge in [0, 0.05) is 27.2 Å². The number of nitrogens with one attached hydrogen (secondary N) is 2. The molecular weight excluding hydrogens is 508 g/mol. The van der Waals surface area contributed by atoms with E-state index in [9.17, 15) is 14.7 Å². The van der Waals surface area contributed by atoms with Crippen LogP contribution in [0.5, 0.6) is 5.75 Å². The van der Waals surface area contributed by atoms with Crippen molar-refractivity contribution in [2.24, 2.45) is 5.41 Å². The predicted octanol–water partition coefficient (Wildman–Crippen LogP) is 5.29. The van der Waals surface area contributed by atoms with Crippen molar-refractivity contribution in [3.63, 3.8) is 0 Å². The lowest BCUT2D eigenvalue weighted by atomic mass is 9.81. The van der Waals surface area contributed by atoms with Gasteiger partial charge in [-0.1, -0.05) is 54.1 Å². The van der Waals surface area contributed by atoms with Crippen LogP contribution in [0.2, 0.25) is 0 Å². The topological polar surface area (TPSA) is 108 Å². The first-order chi connectivity index (χ1) is 13.6. The van der Waals surface area contributed by atoms with Gasteiger partial charge in [-0.3, -0.25) is 15.3 Å². The summed E-state index contributed by atoms with van der Waals surface area (Å²) in [4.78, 5) is 24.0. The molecule has 0 unspecified atom stereocenters. The van der Waals surface area contributed by atoms with Crippen LogP contribution < -0.4 is 10.8 Å². The fourth-order valence-electron chi connectivity index (χ4n) is 2.59. The normalized spacial score (nSPS) is 12.4. The van der Waals surface area contributed by atoms with Crippen LogP contribution in [-0.2, 0) is 9.53 Å². The average molecular weight is 528 g/mol. The molecule has 0 spiro atoms. The number of amides is 2. The second-order valence-corrected chi connectivity index (χ2v) is 8.50. The van der Waals surface area contributed by atoms with Crippen LogP contribution in [0.15, 0.2) is 63.6 Å². The van der Waals surface area contributed by atoms with Crippen LogP contribution in [0.25, 0.3) is 0 Å². The number of rotatable bonds is 6. The first-order valence-electron chi connectivity index (χ1n) is 8.48. The Bertz CT molecular complexity index is 917. The number of carbonyl (C=O) groups is 2. The van der Waals surface area contributed by atoms with Gasteiger partial charge in [-0.15, -0.1) is 0 Å². The third-order valence-electron chi connectivity index (χ3n) is 4.04. The fourth-order valence-corrected chi connectivity index (χ4v) is 3.85. The summed E-state index contributed by atoms with van der Waals surface area (Å²) in [7, 11) is 0. The highest BCUT2D eigenvalue weighted by molar-refractivity contribution is 9.11. The number of ether oxygens (including phenoxy) is 1. The number of para-hydroxylation sites is 1. The van der Waals surface area contributed by atoms with Gasteiger partial charge >= 0.3 is 6.09 Å². The number of phenols is 1. The average Bonchev–Trinajstić information content (AvgIpc) is 2.68. The summed E-state index contributed by atoms with van der Waals surface area (Å²) in [6, 6.07) is 12.1. The molecule has 0 aliphatic heterocycles. The molecule has 2 aromatic carbocycles. The molecule has 0 bridgehead atoms. The summed E-state index contributed by atoms with van der Waals surface area (Å²) >= 11 is 6.64. The van der Waals surface area contributed by atoms with Gasteiger partial charge < -0.3 is 9.84 Å². The zero-order valence-corrected chi connectivity index (χ0v) is 18.8. The molecule has 1 atom stereocenters. The largest absolute Gasteiger partial charge is 0.506 e. The summed E-state index contributed by atoms with van der Waals surface area (Å²) in [6.45, 7) is 3.45. The highest BCUT2D eigenvalue weighted by Gasteiger charge is 2.35. The van der Waals surface area contributed by atoms with Crippen molar-refractivity contribution in [1.82, 2.24) is 5.48 Å². The minimum Gasteiger partial charge on any atom is -0.506 e. The monoisotopic (exact) mass is 526 g/mol. The lowest BCUT2D eigenvalue weighted by Crippen LogP contribution is -2.28. The van der Waals surface area contributed by atoms with Crippen molar-refractivity contribution in [2.45, 2.75) is 20.0 Å². The van der Waals surface area contributed by atoms with Crippen LogP contribution in [0.4, 0.5) is 10.5 Å². The van der Waals surface area contributed by atoms with E-state index in [-0.39, 0.29) is 5.75 Å². The number of halogens is 2. The minimum absolute atomic E-state index is 0.0983. The van der Waals surface area contributed by atoms with Crippen LogP contribution in [0.1, 0.15) is 25.5 Å². The Morgan fingerprint density at radius 1 is 1.17 bits per heavy atom. The van der Waals surface area contributed by atoms with Gasteiger partial charge in [0.15, 0.2) is 0 Å². The van der Waals surface area contributed by atoms with E-state index in [1.807, 2.05) is 6.07 Å². The van der Waals surface area contributed by atoms with E-state index in [1.165, 1.54) is 11.6 Å². The predicted molar refractivity (Wildman–Crippen MR) is 116 cm³/mol. The SMILES string of the molecule is CC(C)(/C=C/C(=O)NO)[C@H](OC(=O)Nc1ccccc1)c1cc(Br)cc(Br)c1O. The van der Waals surface area contributed by atoms with Crippen molar-refractivity contribution in [1.29, 1.82) is 0 Å². The molecule has 0 aliphatic rings. The first kappa shape index (κ1) is 22.9. The molecule has 2 aromatic rings. The smallest absolute Gasteiger partial charge is 0.412 e. The number of carbonyl (C=O) groups excluding carboxylic acids is 2. The summed E-state index contributed by atoms with van der Waals surface area (Å²) in [5.41, 5.74) is 1.45. The standard InChI is InChI=1S/C20H20Br2N2O5/c1-20(2,9-8-16(25)24-28)18(14-10-12(21)11-15(22)17(14)26)29-19(27)23-13-6-4-3-5-7-13/h3-11,18,26,28H,1-2H3,(H,23,27)(H,24,25)/b9-8+/t18-/m1/s1. The lowest BCUT2D eigenvalue weighted by molar-refractivity contribution is -0.124. The number of hydrogen-bond acceptors (Lipinski definition) is 5. The number of anilines is 1. The Kier molecular flexibility index (Phi) is 7.83. The number of phenolic OH excluding ortho intramolecular Hbond substituents is 1. The summed E-state index contributed by atoms with van der Waals surface area (Å²) in [5, 5.41) is 21.9. The van der Waals surface area contributed by atoms with Gasteiger partial charge in [0.2, 0.25) is 0 Å². The highest BCUT2D eigenvalue weighted by atomic mass is 79.9. The minimum atomic E-state index is -0.970. The van der Waals surface area contributed by atoms with E-state index in [0.29, 0.717) is 20.2 Å². The van der Waals surface area contributed by atoms with E-state index in [4.69, 9.17) is 9.94 Å². The van der Waals surface area contributed by atoms with Crippen molar-refractivity contribution in [2.75, 3.05) is 5.32 Å². The van der Waals surface area contributed by atoms with E-state index in [1.54, 1.807) is 50.2 Å². The van der Waals surface area contributed by atoms with Gasteiger partial charge in [0.05, 0.1) is 4.47 Å². The molecule has 2 rings (SSSR count). The Morgan fingerprint density at radius 3 is 2.45 bits per heavy atom. The Hall–Kier alpha value is -2.36. The van der Waals surface area contributed by atoms with Crippen LogP contribution in [-0.4, -0.2) is 22.3 Å². The quantitative estimate of drug-likeness (QED) is 0.232. The Balaban J connectivity index is 2.41. The second kappa shape index (κ2) is 9.91. The maximum Gasteiger partial charge on any atom is 0.412 e. The summed E-state index contributed by atoms with van der Waals surface area (Å²) in [6.07, 6.45) is 0.899. The van der Waals surface area contributed by atoms with Crippen molar-refractivity contribution < 1.29 is 24.6 Å². The number of benzene rings is 2. The molecular formula is C20H20Br2N2O5. The highest BCUT2D eigenvalue weighted by Crippen LogP contribution is 2.45. The maximum atomic E-state index is 12.5. The second-order valence-electron chi connectivity index (χ2n) is 6.73. The fraction of sp³-hybridized carbons (Fsp3) is 0.200. The number of hydroxylamine groups is 1. The number of aromatic hydroxyl groups is 1. The lowest BCUT2D eigenvalue weighted by Gasteiger charge is -2.32. The van der Waals surface area contributed by atoms with Gasteiger partial charge in [0.1, 0.15) is 11.9 Å². The molecule has 0 saturated carbocycles. The van der Waals surface area contributed by atoms with Gasteiger partial charge in [-0.25, -0.2) is 10.3 Å². The van der Waals surface area contributed by atoms with Crippen molar-refractivity contribution >= 4 is 49.5 Å². The molecule has 0 radical (unpaired) electrons. The molecule has 0 aliphatic carbocycles. The summed E-state index contributed by atoms with van der Waals surface area (Å²) < 4.78 is 6.73. The van der Waals surface area contributed by atoms with E-state index in [0.717, 1.165) is 6.08 Å². The van der Waals surface area contributed by atoms with E-state index in [2.05, 4.69) is 37.2 Å². The molecule has 29 heavy (non-hydrogen) atoms. The maximum absolute atomic E-state index is 12.5. The molecule has 2 amide bonds. The van der Waals surface area contributed by atoms with Crippen LogP contribution >= 0.6 is 31.9 Å². The first-order valence-corrected chi connectivity index (χ1v) is 10.1. The zero-order chi connectivity index (χ0) is 21.6. The van der Waals surface area contributed by atoms with Crippen LogP contribution in [0, 0.1) is 5.41 Å². The molecule has 0 aromatic heterocycles.